The van der Waals surface area contributed by atoms with Crippen LogP contribution in [0.15, 0.2) is 24.3 Å². The molecule has 0 aliphatic heterocycles. The lowest BCUT2D eigenvalue weighted by atomic mass is 10.1. The summed E-state index contributed by atoms with van der Waals surface area (Å²) in [6, 6.07) is 9.00. The Balaban J connectivity index is 2.68. The number of benzene rings is 1. The van der Waals surface area contributed by atoms with Crippen molar-refractivity contribution >= 4 is 6.09 Å². The number of nitrogens with zero attached hydrogens (tertiary/aromatic N) is 1. The zero-order valence-corrected chi connectivity index (χ0v) is 11.2. The molecule has 0 aromatic heterocycles. The van der Waals surface area contributed by atoms with Crippen LogP contribution in [0, 0.1) is 11.3 Å². The van der Waals surface area contributed by atoms with Crippen molar-refractivity contribution in [3.8, 4) is 6.07 Å². The normalized spacial score (nSPS) is 12.4. The van der Waals surface area contributed by atoms with Crippen LogP contribution in [0.2, 0.25) is 0 Å². The van der Waals surface area contributed by atoms with Gasteiger partial charge in [0.15, 0.2) is 0 Å². The maximum absolute atomic E-state index is 11.6. The smallest absolute Gasteiger partial charge is 0.408 e. The molecule has 1 amide bonds. The predicted molar refractivity (Wildman–Crippen MR) is 68.9 cm³/mol. The van der Waals surface area contributed by atoms with Crippen LogP contribution in [0.3, 0.4) is 0 Å². The molecule has 18 heavy (non-hydrogen) atoms. The van der Waals surface area contributed by atoms with Crippen molar-refractivity contribution in [2.45, 2.75) is 39.3 Å². The predicted octanol–water partition coefficient (Wildman–Crippen LogP) is 3.14. The number of hydrogen-bond donors (Lipinski definition) is 1. The van der Waals surface area contributed by atoms with E-state index in [2.05, 4.69) is 11.4 Å². The summed E-state index contributed by atoms with van der Waals surface area (Å²) in [6.45, 7) is 7.29. The summed E-state index contributed by atoms with van der Waals surface area (Å²) in [5.74, 6) is 0. The van der Waals surface area contributed by atoms with Crippen LogP contribution < -0.4 is 5.32 Å². The van der Waals surface area contributed by atoms with Gasteiger partial charge in [-0.2, -0.15) is 5.26 Å². The molecule has 0 unspecified atom stereocenters. The molecule has 0 radical (unpaired) electrons. The van der Waals surface area contributed by atoms with Crippen molar-refractivity contribution in [3.63, 3.8) is 0 Å². The number of carbonyl (C=O) groups excluding carboxylic acids is 1. The fraction of sp³-hybridized carbons (Fsp3) is 0.429. The molecule has 0 aliphatic rings. The Kier molecular flexibility index (Phi) is 4.33. The molecular weight excluding hydrogens is 228 g/mol. The topological polar surface area (TPSA) is 62.1 Å². The van der Waals surface area contributed by atoms with E-state index in [4.69, 9.17) is 10.00 Å². The van der Waals surface area contributed by atoms with Gasteiger partial charge in [-0.05, 0) is 45.4 Å². The lowest BCUT2D eigenvalue weighted by Gasteiger charge is -2.22. The lowest BCUT2D eigenvalue weighted by molar-refractivity contribution is 0.0508. The molecule has 1 rings (SSSR count). The maximum Gasteiger partial charge on any atom is 0.408 e. The van der Waals surface area contributed by atoms with E-state index in [0.29, 0.717) is 5.56 Å². The van der Waals surface area contributed by atoms with Gasteiger partial charge >= 0.3 is 6.09 Å². The number of nitriles is 1. The van der Waals surface area contributed by atoms with Crippen LogP contribution in [0.1, 0.15) is 44.9 Å². The molecule has 0 saturated heterocycles. The molecule has 4 nitrogen and oxygen atoms in total. The molecule has 0 spiro atoms. The van der Waals surface area contributed by atoms with Crippen LogP contribution in [0.25, 0.3) is 0 Å². The van der Waals surface area contributed by atoms with E-state index in [-0.39, 0.29) is 6.04 Å². The number of rotatable bonds is 2. The van der Waals surface area contributed by atoms with Crippen molar-refractivity contribution in [1.29, 1.82) is 5.26 Å². The van der Waals surface area contributed by atoms with Crippen LogP contribution in [-0.2, 0) is 4.74 Å². The largest absolute Gasteiger partial charge is 0.444 e. The molecule has 0 bridgehead atoms. The second kappa shape index (κ2) is 5.54. The minimum Gasteiger partial charge on any atom is -0.444 e. The molecule has 0 aliphatic carbocycles. The Labute approximate surface area is 108 Å². The molecule has 0 fully saturated rings. The molecule has 1 aromatic rings. The Morgan fingerprint density at radius 1 is 1.44 bits per heavy atom. The van der Waals surface area contributed by atoms with E-state index in [0.717, 1.165) is 5.56 Å². The number of amides is 1. The van der Waals surface area contributed by atoms with E-state index >= 15 is 0 Å². The van der Waals surface area contributed by atoms with Crippen LogP contribution in [0.5, 0.6) is 0 Å². The summed E-state index contributed by atoms with van der Waals surface area (Å²) >= 11 is 0. The maximum atomic E-state index is 11.6. The number of carbonyl (C=O) groups is 1. The highest BCUT2D eigenvalue weighted by Gasteiger charge is 2.18. The van der Waals surface area contributed by atoms with Gasteiger partial charge in [0.2, 0.25) is 0 Å². The first-order chi connectivity index (χ1) is 8.31. The first kappa shape index (κ1) is 14.0. The summed E-state index contributed by atoms with van der Waals surface area (Å²) in [6.07, 6.45) is -0.461. The Hall–Kier alpha value is -2.02. The summed E-state index contributed by atoms with van der Waals surface area (Å²) in [4.78, 5) is 11.6. The van der Waals surface area contributed by atoms with Crippen molar-refractivity contribution in [2.24, 2.45) is 0 Å². The van der Waals surface area contributed by atoms with Crippen LogP contribution in [-0.4, -0.2) is 11.7 Å². The number of ether oxygens (including phenoxy) is 1. The van der Waals surface area contributed by atoms with Gasteiger partial charge in [-0.3, -0.25) is 0 Å². The summed E-state index contributed by atoms with van der Waals surface area (Å²) in [7, 11) is 0. The third kappa shape index (κ3) is 4.46. The van der Waals surface area contributed by atoms with Gasteiger partial charge in [0.05, 0.1) is 17.7 Å². The third-order valence-corrected chi connectivity index (χ3v) is 2.25. The minimum atomic E-state index is -0.516. The number of alkyl carbamates (subject to hydrolysis) is 1. The van der Waals surface area contributed by atoms with Crippen LogP contribution in [0.4, 0.5) is 4.79 Å². The molecule has 1 N–H and O–H groups in total. The highest BCUT2D eigenvalue weighted by atomic mass is 16.6. The highest BCUT2D eigenvalue weighted by molar-refractivity contribution is 5.68. The average molecular weight is 246 g/mol. The second-order valence-corrected chi connectivity index (χ2v) is 5.11. The standard InChI is InChI=1S/C14H18N2O2/c1-10(16-13(17)18-14(2,3)4)12-7-5-6-11(8-12)9-15/h5-8,10H,1-4H3,(H,16,17)/t10-/m1/s1. The van der Waals surface area contributed by atoms with E-state index in [1.807, 2.05) is 33.8 Å². The number of hydrogen-bond acceptors (Lipinski definition) is 3. The van der Waals surface area contributed by atoms with Gasteiger partial charge < -0.3 is 10.1 Å². The van der Waals surface area contributed by atoms with Crippen molar-refractivity contribution in [2.75, 3.05) is 0 Å². The van der Waals surface area contributed by atoms with Crippen LogP contribution >= 0.6 is 0 Å². The average Bonchev–Trinajstić information content (AvgIpc) is 2.26. The van der Waals surface area contributed by atoms with Gasteiger partial charge in [0.25, 0.3) is 0 Å². The van der Waals surface area contributed by atoms with Gasteiger partial charge in [-0.1, -0.05) is 12.1 Å². The zero-order valence-electron chi connectivity index (χ0n) is 11.2. The molecule has 0 heterocycles. The van der Waals surface area contributed by atoms with Crippen molar-refractivity contribution in [1.82, 2.24) is 5.32 Å². The summed E-state index contributed by atoms with van der Waals surface area (Å²) in [5, 5.41) is 11.5. The second-order valence-electron chi connectivity index (χ2n) is 5.11. The van der Waals surface area contributed by atoms with Gasteiger partial charge in [0, 0.05) is 0 Å². The summed E-state index contributed by atoms with van der Waals surface area (Å²) in [5.41, 5.74) is 0.934. The molecule has 1 aromatic carbocycles. The Morgan fingerprint density at radius 3 is 2.67 bits per heavy atom. The fourth-order valence-electron chi connectivity index (χ4n) is 1.45. The third-order valence-electron chi connectivity index (χ3n) is 2.25. The van der Waals surface area contributed by atoms with Gasteiger partial charge in [0.1, 0.15) is 5.60 Å². The monoisotopic (exact) mass is 246 g/mol. The molecule has 4 heteroatoms. The SMILES string of the molecule is C[C@@H](NC(=O)OC(C)(C)C)c1cccc(C#N)c1. The highest BCUT2D eigenvalue weighted by Crippen LogP contribution is 2.15. The quantitative estimate of drug-likeness (QED) is 0.871. The van der Waals surface area contributed by atoms with Gasteiger partial charge in [-0.15, -0.1) is 0 Å². The Morgan fingerprint density at radius 2 is 2.11 bits per heavy atom. The first-order valence-electron chi connectivity index (χ1n) is 5.81. The van der Waals surface area contributed by atoms with E-state index in [1.165, 1.54) is 0 Å². The first-order valence-corrected chi connectivity index (χ1v) is 5.81. The molecule has 0 saturated carbocycles. The molecular formula is C14H18N2O2. The van der Waals surface area contributed by atoms with E-state index in [1.54, 1.807) is 18.2 Å². The lowest BCUT2D eigenvalue weighted by Crippen LogP contribution is -2.34. The molecule has 1 atom stereocenters. The van der Waals surface area contributed by atoms with E-state index < -0.39 is 11.7 Å². The summed E-state index contributed by atoms with van der Waals surface area (Å²) < 4.78 is 5.17. The molecule has 96 valence electrons. The zero-order chi connectivity index (χ0) is 13.8. The van der Waals surface area contributed by atoms with E-state index in [9.17, 15) is 4.79 Å². The minimum absolute atomic E-state index is 0.201. The van der Waals surface area contributed by atoms with Crippen molar-refractivity contribution in [3.05, 3.63) is 35.4 Å². The Bertz CT molecular complexity index is 469. The van der Waals surface area contributed by atoms with Crippen molar-refractivity contribution < 1.29 is 9.53 Å². The fourth-order valence-corrected chi connectivity index (χ4v) is 1.45. The van der Waals surface area contributed by atoms with Gasteiger partial charge in [-0.25, -0.2) is 4.79 Å². The number of nitrogens with one attached hydrogen (secondary N) is 1.